The molecule has 1 unspecified atom stereocenters. The Morgan fingerprint density at radius 1 is 1.28 bits per heavy atom. The molecule has 1 aliphatic heterocycles. The van der Waals surface area contributed by atoms with E-state index in [-0.39, 0.29) is 5.91 Å². The number of carbonyl (C=O) groups is 1. The highest BCUT2D eigenvalue weighted by atomic mass is 35.5. The lowest BCUT2D eigenvalue weighted by Gasteiger charge is -2.19. The number of thiophene rings is 1. The van der Waals surface area contributed by atoms with E-state index >= 15 is 0 Å². The molecule has 25 heavy (non-hydrogen) atoms. The van der Waals surface area contributed by atoms with E-state index in [1.807, 2.05) is 35.6 Å². The number of hydrogen-bond donors (Lipinski definition) is 1. The van der Waals surface area contributed by atoms with Gasteiger partial charge in [-0.3, -0.25) is 4.79 Å². The monoisotopic (exact) mass is 389 g/mol. The van der Waals surface area contributed by atoms with Gasteiger partial charge in [0.1, 0.15) is 0 Å². The van der Waals surface area contributed by atoms with Gasteiger partial charge in [-0.2, -0.15) is 0 Å². The van der Waals surface area contributed by atoms with Gasteiger partial charge in [0, 0.05) is 27.1 Å². The first-order valence-electron chi connectivity index (χ1n) is 8.60. The van der Waals surface area contributed by atoms with Crippen LogP contribution in [0.5, 0.6) is 0 Å². The zero-order valence-electron chi connectivity index (χ0n) is 14.1. The van der Waals surface area contributed by atoms with Crippen LogP contribution in [0, 0.1) is 5.92 Å². The number of benzene rings is 1. The molecule has 0 spiro atoms. The Bertz CT molecular complexity index is 838. The lowest BCUT2D eigenvalue weighted by molar-refractivity contribution is -0.116. The molecule has 2 heterocycles. The summed E-state index contributed by atoms with van der Waals surface area (Å²) in [5, 5.41) is 3.73. The summed E-state index contributed by atoms with van der Waals surface area (Å²) in [6, 6.07) is 7.58. The third-order valence-corrected chi connectivity index (χ3v) is 7.42. The van der Waals surface area contributed by atoms with Crippen LogP contribution in [0.3, 0.4) is 0 Å². The summed E-state index contributed by atoms with van der Waals surface area (Å²) < 4.78 is 0. The number of fused-ring (bicyclic) bond motifs is 3. The molecule has 0 saturated carbocycles. The van der Waals surface area contributed by atoms with Crippen molar-refractivity contribution in [1.82, 2.24) is 5.32 Å². The molecule has 1 amide bonds. The third kappa shape index (κ3) is 3.67. The van der Waals surface area contributed by atoms with Crippen molar-refractivity contribution >= 4 is 46.7 Å². The van der Waals surface area contributed by atoms with Gasteiger partial charge in [-0.05, 0) is 60.1 Å². The number of thioether (sulfide) groups is 1. The molecule has 0 fully saturated rings. The highest BCUT2D eigenvalue weighted by molar-refractivity contribution is 8.03. The highest BCUT2D eigenvalue weighted by Gasteiger charge is 2.26. The zero-order chi connectivity index (χ0) is 17.4. The number of amides is 1. The fourth-order valence-corrected chi connectivity index (χ4v) is 6.23. The van der Waals surface area contributed by atoms with Gasteiger partial charge in [-0.15, -0.1) is 23.1 Å². The fraction of sp³-hybridized carbons (Fsp3) is 0.350. The Morgan fingerprint density at radius 2 is 2.08 bits per heavy atom. The molecule has 1 aliphatic carbocycles. The van der Waals surface area contributed by atoms with Crippen molar-refractivity contribution in [1.29, 1.82) is 0 Å². The molecule has 0 radical (unpaired) electrons. The second-order valence-electron chi connectivity index (χ2n) is 6.80. The summed E-state index contributed by atoms with van der Waals surface area (Å²) in [4.78, 5) is 16.2. The first-order chi connectivity index (χ1) is 12.1. The van der Waals surface area contributed by atoms with Crippen molar-refractivity contribution < 1.29 is 4.79 Å². The summed E-state index contributed by atoms with van der Waals surface area (Å²) in [7, 11) is 0. The Hall–Kier alpha value is -1.23. The highest BCUT2D eigenvalue weighted by Crippen LogP contribution is 2.43. The second kappa shape index (κ2) is 7.18. The van der Waals surface area contributed by atoms with Crippen LogP contribution in [-0.4, -0.2) is 5.91 Å². The van der Waals surface area contributed by atoms with Crippen LogP contribution >= 0.6 is 34.7 Å². The maximum absolute atomic E-state index is 12.5. The standard InChI is InChI=1S/C20H20ClNOS2/c1-12-2-7-15-16-11-24-19(9-18(16)25-17(15)8-12)20(23)22-10-13-3-5-14(21)6-4-13/h3-6,9,12H,2,7-8,10-11H2,1H3,(H,22,23). The predicted octanol–water partition coefficient (Wildman–Crippen LogP) is 5.43. The van der Waals surface area contributed by atoms with Crippen LogP contribution in [0.2, 0.25) is 5.02 Å². The maximum atomic E-state index is 12.5. The molecule has 1 aromatic heterocycles. The summed E-state index contributed by atoms with van der Waals surface area (Å²) in [6.45, 7) is 2.86. The molecule has 4 rings (SSSR count). The molecule has 130 valence electrons. The molecular formula is C20H20ClNOS2. The van der Waals surface area contributed by atoms with Crippen LogP contribution in [0.15, 0.2) is 29.2 Å². The van der Waals surface area contributed by atoms with Crippen molar-refractivity contribution in [2.45, 2.75) is 38.5 Å². The van der Waals surface area contributed by atoms with Crippen molar-refractivity contribution in [3.8, 4) is 0 Å². The van der Waals surface area contributed by atoms with Crippen LogP contribution in [0.1, 0.15) is 39.8 Å². The van der Waals surface area contributed by atoms with Gasteiger partial charge >= 0.3 is 0 Å². The van der Waals surface area contributed by atoms with E-state index in [9.17, 15) is 4.79 Å². The Morgan fingerprint density at radius 3 is 2.88 bits per heavy atom. The summed E-state index contributed by atoms with van der Waals surface area (Å²) in [6.07, 6.45) is 5.78. The average molecular weight is 390 g/mol. The molecule has 2 nitrogen and oxygen atoms in total. The minimum atomic E-state index is 0.0188. The molecule has 0 saturated heterocycles. The second-order valence-corrected chi connectivity index (χ2v) is 9.39. The van der Waals surface area contributed by atoms with Gasteiger partial charge in [-0.1, -0.05) is 30.7 Å². The van der Waals surface area contributed by atoms with Crippen molar-refractivity contribution in [3.63, 3.8) is 0 Å². The van der Waals surface area contributed by atoms with Crippen molar-refractivity contribution in [2.75, 3.05) is 0 Å². The first-order valence-corrected chi connectivity index (χ1v) is 10.8. The van der Waals surface area contributed by atoms with Crippen LogP contribution in [-0.2, 0) is 29.9 Å². The van der Waals surface area contributed by atoms with Gasteiger partial charge in [0.15, 0.2) is 0 Å². The summed E-state index contributed by atoms with van der Waals surface area (Å²) >= 11 is 9.46. The minimum absolute atomic E-state index is 0.0188. The molecule has 1 aromatic carbocycles. The number of rotatable bonds is 3. The molecule has 5 heteroatoms. The molecule has 2 aliphatic rings. The fourth-order valence-electron chi connectivity index (χ4n) is 3.43. The molecular weight excluding hydrogens is 370 g/mol. The smallest absolute Gasteiger partial charge is 0.258 e. The van der Waals surface area contributed by atoms with Crippen molar-refractivity contribution in [3.05, 3.63) is 60.6 Å². The largest absolute Gasteiger partial charge is 0.348 e. The SMILES string of the molecule is CC1CCc2c(sc3c2CSC(C(=O)NCc2ccc(Cl)cc2)=C3)C1. The van der Waals surface area contributed by atoms with Crippen LogP contribution < -0.4 is 5.32 Å². The topological polar surface area (TPSA) is 29.1 Å². The van der Waals surface area contributed by atoms with E-state index in [0.717, 1.165) is 22.1 Å². The minimum Gasteiger partial charge on any atom is -0.348 e. The average Bonchev–Trinajstić information content (AvgIpc) is 2.97. The van der Waals surface area contributed by atoms with E-state index in [4.69, 9.17) is 11.6 Å². The summed E-state index contributed by atoms with van der Waals surface area (Å²) in [5.41, 5.74) is 4.11. The number of halogens is 1. The van der Waals surface area contributed by atoms with E-state index in [0.29, 0.717) is 11.6 Å². The quantitative estimate of drug-likeness (QED) is 0.758. The predicted molar refractivity (Wildman–Crippen MR) is 108 cm³/mol. The molecule has 2 aromatic rings. The van der Waals surface area contributed by atoms with E-state index in [2.05, 4.69) is 18.3 Å². The van der Waals surface area contributed by atoms with E-state index in [1.54, 1.807) is 22.2 Å². The van der Waals surface area contributed by atoms with Crippen molar-refractivity contribution in [2.24, 2.45) is 5.92 Å². The van der Waals surface area contributed by atoms with E-state index in [1.165, 1.54) is 29.7 Å². The van der Waals surface area contributed by atoms with Gasteiger partial charge in [0.05, 0.1) is 4.91 Å². The van der Waals surface area contributed by atoms with Gasteiger partial charge in [-0.25, -0.2) is 0 Å². The number of hydrogen-bond acceptors (Lipinski definition) is 3. The lowest BCUT2D eigenvalue weighted by atomic mass is 9.88. The Kier molecular flexibility index (Phi) is 4.94. The van der Waals surface area contributed by atoms with Crippen LogP contribution in [0.25, 0.3) is 6.08 Å². The lowest BCUT2D eigenvalue weighted by Crippen LogP contribution is -2.24. The number of nitrogens with one attached hydrogen (secondary N) is 1. The normalized spacial score (nSPS) is 19.0. The first kappa shape index (κ1) is 17.2. The number of carbonyl (C=O) groups excluding carboxylic acids is 1. The zero-order valence-corrected chi connectivity index (χ0v) is 16.5. The summed E-state index contributed by atoms with van der Waals surface area (Å²) in [5.74, 6) is 1.73. The maximum Gasteiger partial charge on any atom is 0.258 e. The third-order valence-electron chi connectivity index (χ3n) is 4.88. The van der Waals surface area contributed by atoms with Crippen LogP contribution in [0.4, 0.5) is 0 Å². The van der Waals surface area contributed by atoms with Gasteiger partial charge in [0.2, 0.25) is 0 Å². The van der Waals surface area contributed by atoms with Gasteiger partial charge < -0.3 is 5.32 Å². The molecule has 0 bridgehead atoms. The Labute approximate surface area is 161 Å². The molecule has 1 N–H and O–H groups in total. The van der Waals surface area contributed by atoms with Gasteiger partial charge in [0.25, 0.3) is 5.91 Å². The molecule has 1 atom stereocenters. The Balaban J connectivity index is 1.47. The van der Waals surface area contributed by atoms with E-state index < -0.39 is 0 Å².